The molecule has 0 radical (unpaired) electrons. The predicted octanol–water partition coefficient (Wildman–Crippen LogP) is 12.4. The maximum absolute atomic E-state index is 5.33. The van der Waals surface area contributed by atoms with Crippen molar-refractivity contribution in [2.75, 3.05) is 0 Å². The van der Waals surface area contributed by atoms with E-state index in [0.717, 1.165) is 22.8 Å². The molecule has 2 aromatic heterocycles. The van der Waals surface area contributed by atoms with Crippen LogP contribution in [0.3, 0.4) is 0 Å². The number of pyridine rings is 1. The van der Waals surface area contributed by atoms with Crippen molar-refractivity contribution in [1.29, 1.82) is 0 Å². The topological polar surface area (TPSA) is 15.9 Å². The van der Waals surface area contributed by atoms with Gasteiger partial charge in [0.15, 0.2) is 0 Å². The number of aromatic nitrogens is 1. The lowest BCUT2D eigenvalue weighted by Gasteiger charge is -2.18. The van der Waals surface area contributed by atoms with Gasteiger partial charge >= 0.3 is 0 Å². The van der Waals surface area contributed by atoms with E-state index in [4.69, 9.17) is 4.98 Å². The zero-order valence-electron chi connectivity index (χ0n) is 27.2. The minimum absolute atomic E-state index is 0.377. The first-order valence-corrected chi connectivity index (χ1v) is 17.0. The Labute approximate surface area is 276 Å². The highest BCUT2D eigenvalue weighted by Gasteiger charge is 2.28. The van der Waals surface area contributed by atoms with Gasteiger partial charge in [0.1, 0.15) is 5.69 Å². The number of fused-ring (bicyclic) bond motifs is 2. The Bertz CT molecular complexity index is 2140. The highest BCUT2D eigenvalue weighted by molar-refractivity contribution is 7.19. The molecule has 0 atom stereocenters. The fourth-order valence-corrected chi connectivity index (χ4v) is 7.66. The molecule has 0 aliphatic rings. The van der Waals surface area contributed by atoms with Crippen molar-refractivity contribution in [2.24, 2.45) is 0 Å². The van der Waals surface area contributed by atoms with Crippen LogP contribution in [0.1, 0.15) is 63.3 Å². The van der Waals surface area contributed by atoms with Gasteiger partial charge in [0.2, 0.25) is 17.1 Å². The van der Waals surface area contributed by atoms with Crippen LogP contribution in [0.15, 0.2) is 133 Å². The van der Waals surface area contributed by atoms with Crippen LogP contribution in [0, 0.1) is 0 Å². The molecule has 0 fully saturated rings. The van der Waals surface area contributed by atoms with Crippen molar-refractivity contribution >= 4 is 50.0 Å². The van der Waals surface area contributed by atoms with Crippen molar-refractivity contribution < 1.29 is 0 Å². The molecule has 226 valence electrons. The summed E-state index contributed by atoms with van der Waals surface area (Å²) in [5, 5.41) is 5.09. The SMILES string of the molecule is CC(c1cccc(-c2ccc(-c3c4ccccc4cc4ccccc34)s2)n1)=[N+](c1ccccc1)c1c(C(C)C)cccc1C(C)C. The van der Waals surface area contributed by atoms with Gasteiger partial charge in [0, 0.05) is 40.6 Å². The Kier molecular flexibility index (Phi) is 8.11. The van der Waals surface area contributed by atoms with E-state index in [1.165, 1.54) is 53.7 Å². The molecule has 0 saturated heterocycles. The predicted molar refractivity (Wildman–Crippen MR) is 200 cm³/mol. The molecule has 0 saturated carbocycles. The van der Waals surface area contributed by atoms with Crippen LogP contribution in [-0.4, -0.2) is 10.7 Å². The van der Waals surface area contributed by atoms with Crippen LogP contribution in [0.2, 0.25) is 0 Å². The molecule has 2 heterocycles. The number of benzene rings is 5. The van der Waals surface area contributed by atoms with Gasteiger partial charge in [-0.15, -0.1) is 11.3 Å². The van der Waals surface area contributed by atoms with Gasteiger partial charge in [-0.1, -0.05) is 119 Å². The van der Waals surface area contributed by atoms with Crippen LogP contribution in [0.25, 0.3) is 42.6 Å². The molecule has 7 aromatic rings. The van der Waals surface area contributed by atoms with Crippen molar-refractivity contribution in [3.05, 3.63) is 150 Å². The maximum Gasteiger partial charge on any atom is 0.218 e. The highest BCUT2D eigenvalue weighted by Crippen LogP contribution is 2.42. The summed E-state index contributed by atoms with van der Waals surface area (Å²) in [5.41, 5.74) is 9.47. The molecule has 0 aliphatic carbocycles. The molecule has 0 bridgehead atoms. The molecule has 0 unspecified atom stereocenters. The van der Waals surface area contributed by atoms with Gasteiger partial charge in [0.05, 0.1) is 10.6 Å². The summed E-state index contributed by atoms with van der Waals surface area (Å²) in [7, 11) is 0. The fraction of sp³-hybridized carbons (Fsp3) is 0.163. The third kappa shape index (κ3) is 5.46. The highest BCUT2D eigenvalue weighted by atomic mass is 32.1. The summed E-state index contributed by atoms with van der Waals surface area (Å²) in [6.45, 7) is 11.4. The quantitative estimate of drug-likeness (QED) is 0.0989. The van der Waals surface area contributed by atoms with Gasteiger partial charge in [-0.25, -0.2) is 4.98 Å². The van der Waals surface area contributed by atoms with Crippen LogP contribution in [0.4, 0.5) is 11.4 Å². The molecule has 0 aliphatic heterocycles. The summed E-state index contributed by atoms with van der Waals surface area (Å²) in [6, 6.07) is 48.2. The normalized spacial score (nSPS) is 12.3. The molecule has 46 heavy (non-hydrogen) atoms. The van der Waals surface area contributed by atoms with Crippen LogP contribution in [-0.2, 0) is 0 Å². The number of rotatable bonds is 7. The smallest absolute Gasteiger partial charge is 0.218 e. The Balaban J connectivity index is 1.39. The molecule has 3 heteroatoms. The second kappa shape index (κ2) is 12.5. The molecule has 2 nitrogen and oxygen atoms in total. The third-order valence-corrected chi connectivity index (χ3v) is 10.0. The second-order valence-electron chi connectivity index (χ2n) is 12.6. The lowest BCUT2D eigenvalue weighted by Crippen LogP contribution is -2.20. The number of hydrogen-bond acceptors (Lipinski definition) is 2. The average Bonchev–Trinajstić information content (AvgIpc) is 3.57. The molecular formula is C43H39N2S+. The lowest BCUT2D eigenvalue weighted by molar-refractivity contribution is 0.812. The van der Waals surface area contributed by atoms with Crippen molar-refractivity contribution in [2.45, 2.75) is 46.5 Å². The van der Waals surface area contributed by atoms with Crippen LogP contribution >= 0.6 is 11.3 Å². The minimum atomic E-state index is 0.377. The summed E-state index contributed by atoms with van der Waals surface area (Å²) in [5.74, 6) is 0.753. The van der Waals surface area contributed by atoms with E-state index in [2.05, 4.69) is 173 Å². The average molecular weight is 616 g/mol. The van der Waals surface area contributed by atoms with Crippen molar-refractivity contribution in [1.82, 2.24) is 9.56 Å². The largest absolute Gasteiger partial charge is 0.241 e. The van der Waals surface area contributed by atoms with E-state index in [-0.39, 0.29) is 0 Å². The summed E-state index contributed by atoms with van der Waals surface area (Å²) < 4.78 is 2.43. The minimum Gasteiger partial charge on any atom is -0.241 e. The summed E-state index contributed by atoms with van der Waals surface area (Å²) in [6.07, 6.45) is 0. The van der Waals surface area contributed by atoms with Crippen molar-refractivity contribution in [3.8, 4) is 21.0 Å². The molecule has 0 N–H and O–H groups in total. The maximum atomic E-state index is 5.33. The zero-order valence-corrected chi connectivity index (χ0v) is 28.0. The number of thiophene rings is 1. The van der Waals surface area contributed by atoms with E-state index in [1.54, 1.807) is 0 Å². The van der Waals surface area contributed by atoms with Crippen LogP contribution < -0.4 is 4.58 Å². The van der Waals surface area contributed by atoms with E-state index < -0.39 is 0 Å². The number of hydrogen-bond donors (Lipinski definition) is 0. The van der Waals surface area contributed by atoms with E-state index in [9.17, 15) is 0 Å². The Morgan fingerprint density at radius 2 is 1.15 bits per heavy atom. The molecule has 5 aromatic carbocycles. The molecule has 0 spiro atoms. The van der Waals surface area contributed by atoms with Crippen LogP contribution in [0.5, 0.6) is 0 Å². The summed E-state index contributed by atoms with van der Waals surface area (Å²) >= 11 is 1.82. The van der Waals surface area contributed by atoms with E-state index in [1.807, 2.05) is 11.3 Å². The first-order valence-electron chi connectivity index (χ1n) is 16.2. The Morgan fingerprint density at radius 3 is 1.78 bits per heavy atom. The monoisotopic (exact) mass is 615 g/mol. The van der Waals surface area contributed by atoms with Gasteiger partial charge in [-0.05, 0) is 63.7 Å². The molecular weight excluding hydrogens is 577 g/mol. The van der Waals surface area contributed by atoms with E-state index >= 15 is 0 Å². The fourth-order valence-electron chi connectivity index (χ4n) is 6.61. The van der Waals surface area contributed by atoms with Gasteiger partial charge < -0.3 is 0 Å². The third-order valence-electron chi connectivity index (χ3n) is 8.91. The van der Waals surface area contributed by atoms with Gasteiger partial charge in [-0.3, -0.25) is 0 Å². The van der Waals surface area contributed by atoms with Gasteiger partial charge in [0.25, 0.3) is 0 Å². The molecule has 0 amide bonds. The van der Waals surface area contributed by atoms with Crippen molar-refractivity contribution in [3.63, 3.8) is 0 Å². The first-order chi connectivity index (χ1) is 22.4. The summed E-state index contributed by atoms with van der Waals surface area (Å²) in [4.78, 5) is 7.75. The Hall–Kier alpha value is -4.86. The lowest BCUT2D eigenvalue weighted by atomic mass is 9.92. The van der Waals surface area contributed by atoms with E-state index in [0.29, 0.717) is 11.8 Å². The van der Waals surface area contributed by atoms with Gasteiger partial charge in [-0.2, -0.15) is 4.58 Å². The zero-order chi connectivity index (χ0) is 31.8. The molecule has 7 rings (SSSR count). The first kappa shape index (κ1) is 29.8. The second-order valence-corrected chi connectivity index (χ2v) is 13.7. The number of nitrogens with zero attached hydrogens (tertiary/aromatic N) is 2. The standard InChI is InChI=1S/C43H39N2S/c1-28(2)34-21-13-22-35(29(3)4)43(34)45(33-17-7-6-8-18-33)30(5)38-23-14-24-39(44-38)40-25-26-41(46-40)42-36-19-11-9-15-31(36)27-32-16-10-12-20-37(32)42/h6-29H,1-5H3/q+1. The Morgan fingerprint density at radius 1 is 0.587 bits per heavy atom. The number of para-hydroxylation sites is 2.